The minimum absolute atomic E-state index is 0.0841. The van der Waals surface area contributed by atoms with Crippen LogP contribution in [0.2, 0.25) is 5.02 Å². The van der Waals surface area contributed by atoms with Crippen LogP contribution in [0.25, 0.3) is 10.8 Å². The summed E-state index contributed by atoms with van der Waals surface area (Å²) in [5.74, 6) is 0.378. The second-order valence-corrected chi connectivity index (χ2v) is 9.01. The summed E-state index contributed by atoms with van der Waals surface area (Å²) in [5.41, 5.74) is 2.87. The first-order chi connectivity index (χ1) is 15.9. The zero-order valence-electron chi connectivity index (χ0n) is 19.2. The number of fused-ring (bicyclic) bond motifs is 2. The van der Waals surface area contributed by atoms with Crippen molar-refractivity contribution in [2.24, 2.45) is 5.92 Å². The van der Waals surface area contributed by atoms with Gasteiger partial charge in [0.15, 0.2) is 0 Å². The van der Waals surface area contributed by atoms with E-state index in [1.165, 1.54) is 0 Å². The molecule has 33 heavy (non-hydrogen) atoms. The highest BCUT2D eigenvalue weighted by atomic mass is 35.5. The van der Waals surface area contributed by atoms with Crippen LogP contribution in [0.3, 0.4) is 0 Å². The Morgan fingerprint density at radius 3 is 2.76 bits per heavy atom. The van der Waals surface area contributed by atoms with Gasteiger partial charge >= 0.3 is 0 Å². The van der Waals surface area contributed by atoms with E-state index in [0.29, 0.717) is 30.2 Å². The molecule has 172 valence electrons. The van der Waals surface area contributed by atoms with E-state index in [9.17, 15) is 9.59 Å². The van der Waals surface area contributed by atoms with Crippen molar-refractivity contribution in [3.63, 3.8) is 0 Å². The number of para-hydroxylation sites is 1. The van der Waals surface area contributed by atoms with Gasteiger partial charge in [0.2, 0.25) is 11.8 Å². The number of methoxy groups -OCH3 is 1. The molecule has 1 N–H and O–H groups in total. The Kier molecular flexibility index (Phi) is 6.89. The number of carbonyl (C=O) groups excluding carboxylic acids is 2. The smallest absolute Gasteiger partial charge is 0.249 e. The van der Waals surface area contributed by atoms with Crippen LogP contribution in [-0.4, -0.2) is 25.0 Å². The normalized spacial score (nSPS) is 16.8. The third kappa shape index (κ3) is 4.69. The number of halogens is 1. The summed E-state index contributed by atoms with van der Waals surface area (Å²) < 4.78 is 5.68. The molecule has 0 unspecified atom stereocenters. The molecule has 3 aromatic rings. The van der Waals surface area contributed by atoms with Gasteiger partial charge in [-0.25, -0.2) is 0 Å². The predicted octanol–water partition coefficient (Wildman–Crippen LogP) is 5.51. The molecule has 0 saturated carbocycles. The van der Waals surface area contributed by atoms with E-state index >= 15 is 0 Å². The van der Waals surface area contributed by atoms with E-state index in [1.54, 1.807) is 12.0 Å². The van der Waals surface area contributed by atoms with E-state index in [1.807, 2.05) is 62.4 Å². The lowest BCUT2D eigenvalue weighted by Crippen LogP contribution is -2.49. The molecule has 0 fully saturated rings. The molecule has 0 radical (unpaired) electrons. The van der Waals surface area contributed by atoms with E-state index in [2.05, 4.69) is 11.4 Å². The first-order valence-corrected chi connectivity index (χ1v) is 11.8. The number of hydrogen-bond acceptors (Lipinski definition) is 3. The predicted molar refractivity (Wildman–Crippen MR) is 133 cm³/mol. The number of rotatable bonds is 6. The van der Waals surface area contributed by atoms with Gasteiger partial charge in [-0.1, -0.05) is 55.8 Å². The molecule has 2 amide bonds. The maximum Gasteiger partial charge on any atom is 0.249 e. The monoisotopic (exact) mass is 464 g/mol. The van der Waals surface area contributed by atoms with E-state index < -0.39 is 6.04 Å². The Hall–Kier alpha value is -3.05. The van der Waals surface area contributed by atoms with Crippen LogP contribution < -0.4 is 15.0 Å². The van der Waals surface area contributed by atoms with Crippen LogP contribution >= 0.6 is 11.6 Å². The van der Waals surface area contributed by atoms with Gasteiger partial charge in [-0.2, -0.15) is 0 Å². The number of nitrogens with zero attached hydrogens (tertiary/aromatic N) is 1. The number of amides is 2. The lowest BCUT2D eigenvalue weighted by Gasteiger charge is -2.28. The molecule has 3 aromatic carbocycles. The van der Waals surface area contributed by atoms with Gasteiger partial charge < -0.3 is 15.0 Å². The summed E-state index contributed by atoms with van der Waals surface area (Å²) in [5, 5.41) is 5.62. The Labute approximate surface area is 199 Å². The third-order valence-corrected chi connectivity index (χ3v) is 6.75. The first-order valence-electron chi connectivity index (χ1n) is 11.4. The average molecular weight is 465 g/mol. The Bertz CT molecular complexity index is 1190. The molecule has 2 atom stereocenters. The summed E-state index contributed by atoms with van der Waals surface area (Å²) in [6, 6.07) is 17.0. The van der Waals surface area contributed by atoms with E-state index in [-0.39, 0.29) is 17.7 Å². The second-order valence-electron chi connectivity index (χ2n) is 8.57. The molecule has 1 heterocycles. The Balaban J connectivity index is 1.77. The highest BCUT2D eigenvalue weighted by molar-refractivity contribution is 6.31. The van der Waals surface area contributed by atoms with Crippen LogP contribution in [0.15, 0.2) is 54.6 Å². The number of ether oxygens (including phenoxy) is 1. The third-order valence-electron chi connectivity index (χ3n) is 6.51. The number of nitrogens with one attached hydrogen (secondary N) is 1. The fraction of sp³-hybridized carbons (Fsp3) is 0.333. The SMILES string of the molecule is CC[C@@H](C)C(=O)N[C@H]1CCc2ccccc2N(Cc2c(OC)ccc3cc(Cl)ccc23)C1=O. The summed E-state index contributed by atoms with van der Waals surface area (Å²) in [7, 11) is 1.63. The molecule has 4 rings (SSSR count). The largest absolute Gasteiger partial charge is 0.496 e. The van der Waals surface area contributed by atoms with Gasteiger partial charge in [0.1, 0.15) is 11.8 Å². The van der Waals surface area contributed by atoms with Gasteiger partial charge in [0.25, 0.3) is 0 Å². The number of carbonyl (C=O) groups is 2. The Morgan fingerprint density at radius 1 is 1.21 bits per heavy atom. The van der Waals surface area contributed by atoms with Crippen molar-refractivity contribution < 1.29 is 14.3 Å². The summed E-state index contributed by atoms with van der Waals surface area (Å²) in [6.45, 7) is 4.18. The lowest BCUT2D eigenvalue weighted by atomic mass is 10.0. The van der Waals surface area contributed by atoms with E-state index in [0.717, 1.165) is 34.0 Å². The summed E-state index contributed by atoms with van der Waals surface area (Å²) in [4.78, 5) is 28.2. The molecular formula is C27H29ClN2O3. The highest BCUT2D eigenvalue weighted by Crippen LogP contribution is 2.35. The van der Waals surface area contributed by atoms with Crippen molar-refractivity contribution >= 4 is 39.9 Å². The number of aryl methyl sites for hydroxylation is 1. The van der Waals surface area contributed by atoms with Crippen molar-refractivity contribution in [2.75, 3.05) is 12.0 Å². The quantitative estimate of drug-likeness (QED) is 0.523. The minimum Gasteiger partial charge on any atom is -0.496 e. The molecule has 1 aliphatic heterocycles. The maximum absolute atomic E-state index is 13.8. The number of benzene rings is 3. The molecule has 0 bridgehead atoms. The van der Waals surface area contributed by atoms with Crippen molar-refractivity contribution in [2.45, 2.75) is 45.7 Å². The van der Waals surface area contributed by atoms with Gasteiger partial charge in [-0.05, 0) is 59.9 Å². The molecule has 6 heteroatoms. The average Bonchev–Trinajstić information content (AvgIpc) is 2.95. The molecule has 1 aliphatic rings. The Morgan fingerprint density at radius 2 is 2.00 bits per heavy atom. The summed E-state index contributed by atoms with van der Waals surface area (Å²) in [6.07, 6.45) is 2.01. The second kappa shape index (κ2) is 9.84. The minimum atomic E-state index is -0.575. The molecule has 0 aliphatic carbocycles. The molecule has 5 nitrogen and oxygen atoms in total. The standard InChI is InChI=1S/C27H29ClN2O3/c1-4-17(2)26(31)29-23-13-9-18-7-5-6-8-24(18)30(27(23)32)16-22-21-12-11-20(28)15-19(21)10-14-25(22)33-3/h5-8,10-12,14-15,17,23H,4,9,13,16H2,1-3H3,(H,29,31)/t17-,23+/m1/s1. The first kappa shape index (κ1) is 23.1. The van der Waals surface area contributed by atoms with E-state index in [4.69, 9.17) is 16.3 Å². The molecular weight excluding hydrogens is 436 g/mol. The van der Waals surface area contributed by atoms with Crippen molar-refractivity contribution in [3.8, 4) is 5.75 Å². The van der Waals surface area contributed by atoms with Crippen LogP contribution in [0.1, 0.15) is 37.8 Å². The highest BCUT2D eigenvalue weighted by Gasteiger charge is 2.32. The molecule has 0 aromatic heterocycles. The summed E-state index contributed by atoms with van der Waals surface area (Å²) >= 11 is 6.22. The number of hydrogen-bond donors (Lipinski definition) is 1. The van der Waals surface area contributed by atoms with Crippen LogP contribution in [0.4, 0.5) is 5.69 Å². The van der Waals surface area contributed by atoms with Gasteiger partial charge in [0.05, 0.1) is 13.7 Å². The topological polar surface area (TPSA) is 58.6 Å². The van der Waals surface area contributed by atoms with Gasteiger partial charge in [-0.15, -0.1) is 0 Å². The zero-order valence-corrected chi connectivity index (χ0v) is 20.0. The van der Waals surface area contributed by atoms with Crippen molar-refractivity contribution in [3.05, 3.63) is 70.7 Å². The fourth-order valence-corrected chi connectivity index (χ4v) is 4.55. The maximum atomic E-state index is 13.8. The van der Waals surface area contributed by atoms with Crippen LogP contribution in [-0.2, 0) is 22.6 Å². The molecule has 0 saturated heterocycles. The van der Waals surface area contributed by atoms with Crippen molar-refractivity contribution in [1.82, 2.24) is 5.32 Å². The van der Waals surface area contributed by atoms with Gasteiger partial charge in [-0.3, -0.25) is 9.59 Å². The number of anilines is 1. The fourth-order valence-electron chi connectivity index (χ4n) is 4.37. The lowest BCUT2D eigenvalue weighted by molar-refractivity contribution is -0.129. The molecule has 0 spiro atoms. The van der Waals surface area contributed by atoms with Crippen LogP contribution in [0.5, 0.6) is 5.75 Å². The zero-order chi connectivity index (χ0) is 23.5. The van der Waals surface area contributed by atoms with Crippen LogP contribution in [0, 0.1) is 5.92 Å². The van der Waals surface area contributed by atoms with Crippen molar-refractivity contribution in [1.29, 1.82) is 0 Å². The van der Waals surface area contributed by atoms with Gasteiger partial charge in [0, 0.05) is 22.2 Å².